The number of H-pyrrole nitrogens is 1. The van der Waals surface area contributed by atoms with E-state index in [1.807, 2.05) is 12.1 Å². The number of sulfonamides is 1. The van der Waals surface area contributed by atoms with Gasteiger partial charge in [-0.15, -0.1) is 0 Å². The van der Waals surface area contributed by atoms with E-state index in [-0.39, 0.29) is 9.37 Å². The maximum Gasteiger partial charge on any atom is 0.263 e. The minimum absolute atomic E-state index is 0.0987. The van der Waals surface area contributed by atoms with Crippen LogP contribution in [-0.4, -0.2) is 13.4 Å². The van der Waals surface area contributed by atoms with Crippen molar-refractivity contribution in [1.82, 2.24) is 4.98 Å². The van der Waals surface area contributed by atoms with E-state index >= 15 is 0 Å². The monoisotopic (exact) mass is 452 g/mol. The predicted octanol–water partition coefficient (Wildman–Crippen LogP) is 5.27. The average molecular weight is 453 g/mol. The number of furan rings is 1. The number of para-hydroxylation sites is 1. The van der Waals surface area contributed by atoms with Crippen LogP contribution in [0.4, 0.5) is 14.5 Å². The number of aromatic amines is 1. The van der Waals surface area contributed by atoms with E-state index in [9.17, 15) is 17.2 Å². The Morgan fingerprint density at radius 2 is 1.89 bits per heavy atom. The standard InChI is InChI=1S/C18H11BrF2N2O3S/c19-13-7-15(21)17(8-14(13)20)23-27(24,25)11-6-16(22-9-11)12-3-1-2-10-4-5-26-18(10)12/h1-9,22-23H. The smallest absolute Gasteiger partial charge is 0.263 e. The van der Waals surface area contributed by atoms with Gasteiger partial charge < -0.3 is 9.40 Å². The average Bonchev–Trinajstić information content (AvgIpc) is 3.28. The highest BCUT2D eigenvalue weighted by Crippen LogP contribution is 2.31. The quantitative estimate of drug-likeness (QED) is 0.414. The van der Waals surface area contributed by atoms with Crippen LogP contribution >= 0.6 is 15.9 Å². The summed E-state index contributed by atoms with van der Waals surface area (Å²) in [6, 6.07) is 10.3. The summed E-state index contributed by atoms with van der Waals surface area (Å²) < 4.78 is 60.1. The molecule has 0 aliphatic carbocycles. The van der Waals surface area contributed by atoms with E-state index in [1.165, 1.54) is 12.3 Å². The largest absolute Gasteiger partial charge is 0.464 e. The van der Waals surface area contributed by atoms with E-state index in [2.05, 4.69) is 25.6 Å². The molecular formula is C18H11BrF2N2O3S. The molecule has 0 fully saturated rings. The topological polar surface area (TPSA) is 75.1 Å². The second-order valence-corrected chi connectivity index (χ2v) is 8.28. The van der Waals surface area contributed by atoms with E-state index < -0.39 is 27.3 Å². The Balaban J connectivity index is 1.70. The summed E-state index contributed by atoms with van der Waals surface area (Å²) in [5.74, 6) is -1.68. The lowest BCUT2D eigenvalue weighted by molar-refractivity contribution is 0.592. The summed E-state index contributed by atoms with van der Waals surface area (Å²) in [5, 5.41) is 0.872. The van der Waals surface area contributed by atoms with E-state index in [0.717, 1.165) is 17.5 Å². The van der Waals surface area contributed by atoms with Crippen molar-refractivity contribution < 1.29 is 21.6 Å². The van der Waals surface area contributed by atoms with Gasteiger partial charge in [0.15, 0.2) is 0 Å². The summed E-state index contributed by atoms with van der Waals surface area (Å²) in [6.07, 6.45) is 2.81. The SMILES string of the molecule is O=S(=O)(Nc1cc(F)c(Br)cc1F)c1c[nH]c(-c2cccc3ccoc23)c1. The lowest BCUT2D eigenvalue weighted by Gasteiger charge is -2.08. The maximum atomic E-state index is 13.9. The molecule has 0 aliphatic rings. The van der Waals surface area contributed by atoms with Gasteiger partial charge in [-0.05, 0) is 40.2 Å². The molecule has 0 bridgehead atoms. The van der Waals surface area contributed by atoms with Gasteiger partial charge >= 0.3 is 0 Å². The number of hydrogen-bond donors (Lipinski definition) is 2. The van der Waals surface area contributed by atoms with Gasteiger partial charge in [-0.1, -0.05) is 12.1 Å². The summed E-state index contributed by atoms with van der Waals surface area (Å²) >= 11 is 2.84. The highest BCUT2D eigenvalue weighted by molar-refractivity contribution is 9.10. The van der Waals surface area contributed by atoms with E-state index in [1.54, 1.807) is 18.4 Å². The number of hydrogen-bond acceptors (Lipinski definition) is 3. The molecule has 0 radical (unpaired) electrons. The minimum atomic E-state index is -4.13. The van der Waals surface area contributed by atoms with Crippen LogP contribution in [0.3, 0.4) is 0 Å². The molecule has 5 nitrogen and oxygen atoms in total. The van der Waals surface area contributed by atoms with Crippen LogP contribution in [0, 0.1) is 11.6 Å². The zero-order valence-corrected chi connectivity index (χ0v) is 15.9. The summed E-state index contributed by atoms with van der Waals surface area (Å²) in [4.78, 5) is 2.76. The molecule has 2 aromatic heterocycles. The first-order valence-corrected chi connectivity index (χ1v) is 9.95. The molecule has 2 aromatic carbocycles. The number of anilines is 1. The fourth-order valence-corrected chi connectivity index (χ4v) is 4.06. The van der Waals surface area contributed by atoms with Crippen molar-refractivity contribution >= 4 is 42.6 Å². The molecule has 2 N–H and O–H groups in total. The highest BCUT2D eigenvalue weighted by atomic mass is 79.9. The van der Waals surface area contributed by atoms with Crippen LogP contribution in [0.1, 0.15) is 0 Å². The maximum absolute atomic E-state index is 13.9. The third-order valence-electron chi connectivity index (χ3n) is 3.99. The molecule has 2 heterocycles. The van der Waals surface area contributed by atoms with Crippen molar-refractivity contribution in [2.45, 2.75) is 4.90 Å². The van der Waals surface area contributed by atoms with Crippen LogP contribution in [0.2, 0.25) is 0 Å². The number of fused-ring (bicyclic) bond motifs is 1. The zero-order chi connectivity index (χ0) is 19.2. The number of rotatable bonds is 4. The van der Waals surface area contributed by atoms with Gasteiger partial charge in [-0.2, -0.15) is 0 Å². The zero-order valence-electron chi connectivity index (χ0n) is 13.5. The Morgan fingerprint density at radius 1 is 1.07 bits per heavy atom. The Kier molecular flexibility index (Phi) is 4.27. The summed E-state index contributed by atoms with van der Waals surface area (Å²) in [7, 11) is -4.13. The molecule has 0 saturated carbocycles. The second kappa shape index (κ2) is 6.50. The summed E-state index contributed by atoms with van der Waals surface area (Å²) in [5.41, 5.74) is 1.32. The van der Waals surface area contributed by atoms with Crippen LogP contribution in [0.5, 0.6) is 0 Å². The number of benzene rings is 2. The molecule has 0 atom stereocenters. The minimum Gasteiger partial charge on any atom is -0.464 e. The van der Waals surface area contributed by atoms with Crippen LogP contribution in [0.15, 0.2) is 68.7 Å². The first-order chi connectivity index (χ1) is 12.8. The molecule has 0 unspecified atom stereocenters. The van der Waals surface area contributed by atoms with Crippen LogP contribution in [0.25, 0.3) is 22.2 Å². The van der Waals surface area contributed by atoms with Crippen molar-refractivity contribution in [3.63, 3.8) is 0 Å². The van der Waals surface area contributed by atoms with Crippen molar-refractivity contribution in [2.24, 2.45) is 0 Å². The van der Waals surface area contributed by atoms with E-state index in [0.29, 0.717) is 16.8 Å². The van der Waals surface area contributed by atoms with Gasteiger partial charge in [0.2, 0.25) is 0 Å². The Morgan fingerprint density at radius 3 is 2.70 bits per heavy atom. The van der Waals surface area contributed by atoms with E-state index in [4.69, 9.17) is 4.42 Å². The first kappa shape index (κ1) is 17.7. The highest BCUT2D eigenvalue weighted by Gasteiger charge is 2.20. The molecular weight excluding hydrogens is 442 g/mol. The van der Waals surface area contributed by atoms with Gasteiger partial charge in [0, 0.05) is 23.2 Å². The molecule has 0 spiro atoms. The second-order valence-electron chi connectivity index (χ2n) is 5.75. The lowest BCUT2D eigenvalue weighted by atomic mass is 10.1. The van der Waals surface area contributed by atoms with Gasteiger partial charge in [0.05, 0.1) is 22.1 Å². The number of halogens is 3. The van der Waals surface area contributed by atoms with Crippen molar-refractivity contribution in [1.29, 1.82) is 0 Å². The van der Waals surface area contributed by atoms with Gasteiger partial charge in [-0.25, -0.2) is 17.2 Å². The lowest BCUT2D eigenvalue weighted by Crippen LogP contribution is -2.13. The molecule has 0 saturated heterocycles. The number of nitrogens with one attached hydrogen (secondary N) is 2. The third-order valence-corrected chi connectivity index (χ3v) is 5.94. The first-order valence-electron chi connectivity index (χ1n) is 7.67. The molecule has 138 valence electrons. The van der Waals surface area contributed by atoms with Crippen LogP contribution < -0.4 is 4.72 Å². The van der Waals surface area contributed by atoms with Crippen molar-refractivity contribution in [2.75, 3.05) is 4.72 Å². The third kappa shape index (κ3) is 3.24. The van der Waals surface area contributed by atoms with Crippen molar-refractivity contribution in [3.05, 3.63) is 71.0 Å². The summed E-state index contributed by atoms with van der Waals surface area (Å²) in [6.45, 7) is 0. The predicted molar refractivity (Wildman–Crippen MR) is 101 cm³/mol. The molecule has 0 aliphatic heterocycles. The Bertz CT molecular complexity index is 1260. The van der Waals surface area contributed by atoms with Crippen LogP contribution in [-0.2, 0) is 10.0 Å². The van der Waals surface area contributed by atoms with Crippen molar-refractivity contribution in [3.8, 4) is 11.3 Å². The fourth-order valence-electron chi connectivity index (χ4n) is 2.69. The molecule has 4 rings (SSSR count). The molecule has 27 heavy (non-hydrogen) atoms. The Labute approximate surface area is 161 Å². The molecule has 9 heteroatoms. The van der Waals surface area contributed by atoms with Gasteiger partial charge in [0.25, 0.3) is 10.0 Å². The molecule has 4 aromatic rings. The normalized spacial score (nSPS) is 11.8. The van der Waals surface area contributed by atoms with Gasteiger partial charge in [0.1, 0.15) is 22.1 Å². The number of aromatic nitrogens is 1. The fraction of sp³-hybridized carbons (Fsp3) is 0. The molecule has 0 amide bonds. The Hall–Kier alpha value is -2.65. The van der Waals surface area contributed by atoms with Gasteiger partial charge in [-0.3, -0.25) is 4.72 Å².